The summed E-state index contributed by atoms with van der Waals surface area (Å²) in [7, 11) is -3.92. The molecule has 0 saturated carbocycles. The lowest BCUT2D eigenvalue weighted by molar-refractivity contribution is 0.0696. The smallest absolute Gasteiger partial charge is 0.335 e. The average molecular weight is 398 g/mol. The molecule has 122 valence electrons. The van der Waals surface area contributed by atoms with E-state index in [0.717, 1.165) is 11.6 Å². The summed E-state index contributed by atoms with van der Waals surface area (Å²) in [5.41, 5.74) is 1.25. The number of carboxylic acids is 1. The zero-order chi connectivity index (χ0) is 17.2. The van der Waals surface area contributed by atoms with Gasteiger partial charge in [0.25, 0.3) is 10.0 Å². The second-order valence-electron chi connectivity index (χ2n) is 5.30. The highest BCUT2D eigenvalue weighted by atomic mass is 79.9. The molecule has 23 heavy (non-hydrogen) atoms. The molecule has 0 aliphatic heterocycles. The fraction of sp³-hybridized carbons (Fsp3) is 0.188. The predicted molar refractivity (Wildman–Crippen MR) is 92.4 cm³/mol. The summed E-state index contributed by atoms with van der Waals surface area (Å²) < 4.78 is 28.1. The van der Waals surface area contributed by atoms with E-state index in [1.165, 1.54) is 12.1 Å². The van der Waals surface area contributed by atoms with Crippen LogP contribution >= 0.6 is 15.9 Å². The third-order valence-corrected chi connectivity index (χ3v) is 5.65. The van der Waals surface area contributed by atoms with Crippen molar-refractivity contribution in [1.29, 1.82) is 0 Å². The van der Waals surface area contributed by atoms with Gasteiger partial charge in [0.2, 0.25) is 0 Å². The molecule has 0 aliphatic carbocycles. The summed E-state index contributed by atoms with van der Waals surface area (Å²) in [5, 5.41) is 9.04. The Bertz CT molecular complexity index is 847. The van der Waals surface area contributed by atoms with Crippen molar-refractivity contribution in [2.45, 2.75) is 24.7 Å². The van der Waals surface area contributed by atoms with Crippen molar-refractivity contribution in [1.82, 2.24) is 0 Å². The van der Waals surface area contributed by atoms with Crippen LogP contribution in [-0.2, 0) is 10.0 Å². The Kier molecular flexibility index (Phi) is 5.11. The number of nitrogens with one attached hydrogen (secondary N) is 1. The van der Waals surface area contributed by atoms with Gasteiger partial charge in [-0.05, 0) is 51.7 Å². The molecule has 0 saturated heterocycles. The average Bonchev–Trinajstić information content (AvgIpc) is 2.47. The van der Waals surface area contributed by atoms with Crippen molar-refractivity contribution in [3.63, 3.8) is 0 Å². The zero-order valence-corrected chi connectivity index (χ0v) is 15.0. The maximum Gasteiger partial charge on any atom is 0.335 e. The lowest BCUT2D eigenvalue weighted by atomic mass is 10.0. The first-order valence-electron chi connectivity index (χ1n) is 6.87. The van der Waals surface area contributed by atoms with E-state index < -0.39 is 16.0 Å². The number of hydrogen-bond acceptors (Lipinski definition) is 3. The molecule has 0 amide bonds. The fourth-order valence-corrected chi connectivity index (χ4v) is 4.21. The number of aromatic carboxylic acids is 1. The van der Waals surface area contributed by atoms with Gasteiger partial charge in [0.15, 0.2) is 0 Å². The Balaban J connectivity index is 2.48. The normalized spacial score (nSPS) is 11.5. The largest absolute Gasteiger partial charge is 0.478 e. The third-order valence-electron chi connectivity index (χ3n) is 3.29. The van der Waals surface area contributed by atoms with E-state index in [1.807, 2.05) is 26.0 Å². The predicted octanol–water partition coefficient (Wildman–Crippen LogP) is 4.07. The molecular formula is C16H16BrNO4S. The SMILES string of the molecule is CC(C)c1ccccc1NS(=O)(=O)c1cc(C(=O)O)ccc1Br. The minimum Gasteiger partial charge on any atom is -0.478 e. The number of carbonyl (C=O) groups is 1. The van der Waals surface area contributed by atoms with Gasteiger partial charge in [0, 0.05) is 4.47 Å². The van der Waals surface area contributed by atoms with Crippen LogP contribution < -0.4 is 4.72 Å². The highest BCUT2D eigenvalue weighted by molar-refractivity contribution is 9.10. The number of sulfonamides is 1. The number of anilines is 1. The van der Waals surface area contributed by atoms with Gasteiger partial charge >= 0.3 is 5.97 Å². The number of hydrogen-bond donors (Lipinski definition) is 2. The van der Waals surface area contributed by atoms with Gasteiger partial charge < -0.3 is 5.11 Å². The molecule has 0 fully saturated rings. The zero-order valence-electron chi connectivity index (χ0n) is 12.6. The lowest BCUT2D eigenvalue weighted by Gasteiger charge is -2.15. The van der Waals surface area contributed by atoms with E-state index in [0.29, 0.717) is 10.2 Å². The molecule has 0 atom stereocenters. The van der Waals surface area contributed by atoms with Crippen molar-refractivity contribution in [3.05, 3.63) is 58.1 Å². The summed E-state index contributed by atoms with van der Waals surface area (Å²) in [6, 6.07) is 11.0. The maximum absolute atomic E-state index is 12.6. The van der Waals surface area contributed by atoms with Crippen LogP contribution in [0.3, 0.4) is 0 Å². The van der Waals surface area contributed by atoms with E-state index >= 15 is 0 Å². The summed E-state index contributed by atoms with van der Waals surface area (Å²) in [6.45, 7) is 3.93. The molecular weight excluding hydrogens is 382 g/mol. The number of halogens is 1. The standard InChI is InChI=1S/C16H16BrNO4S/c1-10(2)12-5-3-4-6-14(12)18-23(21,22)15-9-11(16(19)20)7-8-13(15)17/h3-10,18H,1-2H3,(H,19,20). The highest BCUT2D eigenvalue weighted by Gasteiger charge is 2.21. The van der Waals surface area contributed by atoms with E-state index in [2.05, 4.69) is 20.7 Å². The fourth-order valence-electron chi connectivity index (χ4n) is 2.14. The summed E-state index contributed by atoms with van der Waals surface area (Å²) in [4.78, 5) is 10.9. The molecule has 0 radical (unpaired) electrons. The van der Waals surface area contributed by atoms with Crippen molar-refractivity contribution < 1.29 is 18.3 Å². The van der Waals surface area contributed by atoms with Crippen molar-refractivity contribution in [3.8, 4) is 0 Å². The molecule has 2 rings (SSSR count). The van der Waals surface area contributed by atoms with Gasteiger partial charge in [-0.2, -0.15) is 0 Å². The van der Waals surface area contributed by atoms with Crippen LogP contribution in [0.25, 0.3) is 0 Å². The third kappa shape index (κ3) is 3.92. The number of rotatable bonds is 5. The van der Waals surface area contributed by atoms with Crippen LogP contribution in [-0.4, -0.2) is 19.5 Å². The summed E-state index contributed by atoms with van der Waals surface area (Å²) >= 11 is 3.16. The Hall–Kier alpha value is -1.86. The molecule has 2 aromatic rings. The minimum atomic E-state index is -3.92. The second kappa shape index (κ2) is 6.72. The topological polar surface area (TPSA) is 83.5 Å². The molecule has 2 aromatic carbocycles. The second-order valence-corrected chi connectivity index (χ2v) is 7.80. The van der Waals surface area contributed by atoms with Crippen LogP contribution in [0.5, 0.6) is 0 Å². The molecule has 0 unspecified atom stereocenters. The first-order valence-corrected chi connectivity index (χ1v) is 9.14. The monoisotopic (exact) mass is 397 g/mol. The van der Waals surface area contributed by atoms with Gasteiger partial charge in [0.05, 0.1) is 11.3 Å². The number of carboxylic acid groups (broad SMARTS) is 1. The Morgan fingerprint density at radius 1 is 1.17 bits per heavy atom. The molecule has 0 aliphatic rings. The van der Waals surface area contributed by atoms with Crippen molar-refractivity contribution in [2.24, 2.45) is 0 Å². The van der Waals surface area contributed by atoms with Gasteiger partial charge in [-0.1, -0.05) is 32.0 Å². The highest BCUT2D eigenvalue weighted by Crippen LogP contribution is 2.29. The Morgan fingerprint density at radius 2 is 1.83 bits per heavy atom. The molecule has 0 spiro atoms. The lowest BCUT2D eigenvalue weighted by Crippen LogP contribution is -2.16. The van der Waals surface area contributed by atoms with E-state index in [4.69, 9.17) is 5.11 Å². The minimum absolute atomic E-state index is 0.0919. The molecule has 5 nitrogen and oxygen atoms in total. The Morgan fingerprint density at radius 3 is 2.43 bits per heavy atom. The van der Waals surface area contributed by atoms with E-state index in [-0.39, 0.29) is 16.4 Å². The Labute approximate surface area is 143 Å². The quantitative estimate of drug-likeness (QED) is 0.795. The van der Waals surface area contributed by atoms with Crippen molar-refractivity contribution in [2.75, 3.05) is 4.72 Å². The van der Waals surface area contributed by atoms with Crippen LogP contribution in [0.1, 0.15) is 35.7 Å². The summed E-state index contributed by atoms with van der Waals surface area (Å²) in [6.07, 6.45) is 0. The first-order chi connectivity index (χ1) is 10.7. The number of benzene rings is 2. The number of para-hydroxylation sites is 1. The molecule has 0 bridgehead atoms. The van der Waals surface area contributed by atoms with Crippen LogP contribution in [0.2, 0.25) is 0 Å². The van der Waals surface area contributed by atoms with Gasteiger partial charge in [0.1, 0.15) is 4.90 Å². The van der Waals surface area contributed by atoms with E-state index in [9.17, 15) is 13.2 Å². The van der Waals surface area contributed by atoms with Crippen LogP contribution in [0, 0.1) is 0 Å². The molecule has 7 heteroatoms. The van der Waals surface area contributed by atoms with E-state index in [1.54, 1.807) is 12.1 Å². The molecule has 0 heterocycles. The van der Waals surface area contributed by atoms with Gasteiger partial charge in [-0.3, -0.25) is 4.72 Å². The maximum atomic E-state index is 12.6. The van der Waals surface area contributed by atoms with Crippen LogP contribution in [0.15, 0.2) is 51.8 Å². The first kappa shape index (κ1) is 17.5. The van der Waals surface area contributed by atoms with Gasteiger partial charge in [-0.15, -0.1) is 0 Å². The molecule has 0 aromatic heterocycles. The van der Waals surface area contributed by atoms with Gasteiger partial charge in [-0.25, -0.2) is 13.2 Å². The summed E-state index contributed by atoms with van der Waals surface area (Å²) in [5.74, 6) is -1.04. The molecule has 2 N–H and O–H groups in total. The van der Waals surface area contributed by atoms with Crippen molar-refractivity contribution >= 4 is 37.6 Å². The van der Waals surface area contributed by atoms with Crippen LogP contribution in [0.4, 0.5) is 5.69 Å².